The lowest BCUT2D eigenvalue weighted by Gasteiger charge is -2.17. The molecule has 0 aliphatic carbocycles. The largest absolute Gasteiger partial charge is 0.493 e. The third-order valence-corrected chi connectivity index (χ3v) is 3.59. The van der Waals surface area contributed by atoms with Crippen LogP contribution >= 0.6 is 11.6 Å². The first-order chi connectivity index (χ1) is 9.47. The van der Waals surface area contributed by atoms with Gasteiger partial charge >= 0.3 is 5.97 Å². The van der Waals surface area contributed by atoms with Crippen molar-refractivity contribution >= 4 is 17.6 Å². The number of aliphatic carboxylic acids is 1. The highest BCUT2D eigenvalue weighted by molar-refractivity contribution is 6.30. The molecular weight excluding hydrogens is 278 g/mol. The van der Waals surface area contributed by atoms with Crippen LogP contribution in [0.2, 0.25) is 5.02 Å². The molecule has 0 saturated heterocycles. The second-order valence-corrected chi connectivity index (χ2v) is 5.99. The topological polar surface area (TPSA) is 58.6 Å². The number of carbonyl (C=O) groups is 1. The molecule has 0 aromatic heterocycles. The Balaban J connectivity index is 2.08. The molecule has 2 N–H and O–H groups in total. The van der Waals surface area contributed by atoms with E-state index in [0.29, 0.717) is 30.5 Å². The van der Waals surface area contributed by atoms with Crippen LogP contribution in [-0.4, -0.2) is 23.7 Å². The van der Waals surface area contributed by atoms with E-state index in [4.69, 9.17) is 16.3 Å². The summed E-state index contributed by atoms with van der Waals surface area (Å²) in [5.74, 6) is 0.360. The van der Waals surface area contributed by atoms with Crippen molar-refractivity contribution in [2.45, 2.75) is 39.3 Å². The number of hydrogen-bond acceptors (Lipinski definition) is 3. The summed E-state index contributed by atoms with van der Waals surface area (Å²) in [7, 11) is 0. The highest BCUT2D eigenvalue weighted by atomic mass is 35.5. The second kappa shape index (κ2) is 6.46. The molecule has 0 radical (unpaired) electrons. The molecule has 5 heteroatoms. The molecule has 20 heavy (non-hydrogen) atoms. The zero-order valence-corrected chi connectivity index (χ0v) is 12.5. The van der Waals surface area contributed by atoms with Crippen molar-refractivity contribution in [1.82, 2.24) is 5.32 Å². The predicted octanol–water partition coefficient (Wildman–Crippen LogP) is 2.86. The van der Waals surface area contributed by atoms with Crippen LogP contribution < -0.4 is 10.1 Å². The Kier molecular flexibility index (Phi) is 4.89. The Morgan fingerprint density at radius 3 is 2.90 bits per heavy atom. The van der Waals surface area contributed by atoms with Gasteiger partial charge < -0.3 is 15.2 Å². The van der Waals surface area contributed by atoms with E-state index in [0.717, 1.165) is 23.3 Å². The smallest absolute Gasteiger partial charge is 0.320 e. The van der Waals surface area contributed by atoms with Gasteiger partial charge in [-0.15, -0.1) is 0 Å². The van der Waals surface area contributed by atoms with E-state index >= 15 is 0 Å². The van der Waals surface area contributed by atoms with Crippen LogP contribution in [0.3, 0.4) is 0 Å². The number of hydrogen-bond donors (Lipinski definition) is 2. The van der Waals surface area contributed by atoms with E-state index in [-0.39, 0.29) is 0 Å². The number of fused-ring (bicyclic) bond motifs is 1. The quantitative estimate of drug-likeness (QED) is 0.848. The molecule has 1 unspecified atom stereocenters. The van der Waals surface area contributed by atoms with E-state index < -0.39 is 12.0 Å². The SMILES string of the molecule is CC(C)CC(NCc1cc(Cl)cc2c1OCC2)C(=O)O. The second-order valence-electron chi connectivity index (χ2n) is 5.55. The Hall–Kier alpha value is -1.26. The van der Waals surface area contributed by atoms with Gasteiger partial charge in [0.1, 0.15) is 11.8 Å². The summed E-state index contributed by atoms with van der Waals surface area (Å²) in [5, 5.41) is 13.0. The van der Waals surface area contributed by atoms with Gasteiger partial charge in [0.2, 0.25) is 0 Å². The standard InChI is InChI=1S/C15H20ClNO3/c1-9(2)5-13(15(18)19)17-8-11-7-12(16)6-10-3-4-20-14(10)11/h6-7,9,13,17H,3-5,8H2,1-2H3,(H,18,19). The number of carboxylic acid groups (broad SMARTS) is 1. The summed E-state index contributed by atoms with van der Waals surface area (Å²) in [6, 6.07) is 3.20. The van der Waals surface area contributed by atoms with Crippen molar-refractivity contribution < 1.29 is 14.6 Å². The Morgan fingerprint density at radius 2 is 2.25 bits per heavy atom. The fraction of sp³-hybridized carbons (Fsp3) is 0.533. The minimum atomic E-state index is -0.821. The summed E-state index contributed by atoms with van der Waals surface area (Å²) in [4.78, 5) is 11.2. The lowest BCUT2D eigenvalue weighted by Crippen LogP contribution is -2.37. The Bertz CT molecular complexity index is 502. The molecule has 110 valence electrons. The molecule has 2 rings (SSSR count). The number of nitrogens with one attached hydrogen (secondary N) is 1. The number of rotatable bonds is 6. The van der Waals surface area contributed by atoms with Gasteiger partial charge in [-0.25, -0.2) is 0 Å². The average molecular weight is 298 g/mol. The highest BCUT2D eigenvalue weighted by Crippen LogP contribution is 2.32. The fourth-order valence-corrected chi connectivity index (χ4v) is 2.72. The number of halogens is 1. The molecular formula is C15H20ClNO3. The number of carboxylic acids is 1. The van der Waals surface area contributed by atoms with Gasteiger partial charge in [0.25, 0.3) is 0 Å². The maximum absolute atomic E-state index is 11.2. The van der Waals surface area contributed by atoms with Crippen molar-refractivity contribution in [2.75, 3.05) is 6.61 Å². The zero-order chi connectivity index (χ0) is 14.7. The van der Waals surface area contributed by atoms with Crippen LogP contribution in [0.4, 0.5) is 0 Å². The molecule has 1 aliphatic heterocycles. The summed E-state index contributed by atoms with van der Waals surface area (Å²) >= 11 is 6.09. The van der Waals surface area contributed by atoms with E-state index in [1.165, 1.54) is 0 Å². The lowest BCUT2D eigenvalue weighted by molar-refractivity contribution is -0.140. The minimum Gasteiger partial charge on any atom is -0.493 e. The van der Waals surface area contributed by atoms with Crippen LogP contribution in [-0.2, 0) is 17.8 Å². The van der Waals surface area contributed by atoms with Crippen LogP contribution in [0.25, 0.3) is 0 Å². The summed E-state index contributed by atoms with van der Waals surface area (Å²) in [6.07, 6.45) is 1.45. The van der Waals surface area contributed by atoms with E-state index in [9.17, 15) is 9.90 Å². The lowest BCUT2D eigenvalue weighted by atomic mass is 10.0. The normalized spacial score (nSPS) is 15.0. The van der Waals surface area contributed by atoms with Gasteiger partial charge in [0.05, 0.1) is 6.61 Å². The van der Waals surface area contributed by atoms with Gasteiger partial charge in [-0.2, -0.15) is 0 Å². The minimum absolute atomic E-state index is 0.324. The maximum atomic E-state index is 11.2. The van der Waals surface area contributed by atoms with Crippen molar-refractivity contribution in [3.63, 3.8) is 0 Å². The molecule has 4 nitrogen and oxygen atoms in total. The van der Waals surface area contributed by atoms with Crippen LogP contribution in [0.5, 0.6) is 5.75 Å². The van der Waals surface area contributed by atoms with E-state index in [1.54, 1.807) is 0 Å². The molecule has 0 amide bonds. The molecule has 0 spiro atoms. The maximum Gasteiger partial charge on any atom is 0.320 e. The molecule has 1 aliphatic rings. The van der Waals surface area contributed by atoms with Crippen LogP contribution in [0.15, 0.2) is 12.1 Å². The summed E-state index contributed by atoms with van der Waals surface area (Å²) < 4.78 is 5.61. The Morgan fingerprint density at radius 1 is 1.50 bits per heavy atom. The third kappa shape index (κ3) is 3.64. The van der Waals surface area contributed by atoms with Crippen molar-refractivity contribution in [3.05, 3.63) is 28.3 Å². The van der Waals surface area contributed by atoms with Gasteiger partial charge in [-0.05, 0) is 30.0 Å². The first-order valence-electron chi connectivity index (χ1n) is 6.87. The zero-order valence-electron chi connectivity index (χ0n) is 11.8. The molecule has 1 heterocycles. The molecule has 0 bridgehead atoms. The van der Waals surface area contributed by atoms with Crippen LogP contribution in [0, 0.1) is 5.92 Å². The summed E-state index contributed by atoms with van der Waals surface area (Å²) in [5.41, 5.74) is 2.03. The number of ether oxygens (including phenoxy) is 1. The Labute approximate surface area is 124 Å². The highest BCUT2D eigenvalue weighted by Gasteiger charge is 2.21. The van der Waals surface area contributed by atoms with Gasteiger partial charge in [0.15, 0.2) is 0 Å². The van der Waals surface area contributed by atoms with Crippen molar-refractivity contribution in [3.8, 4) is 5.75 Å². The predicted molar refractivity (Wildman–Crippen MR) is 78.4 cm³/mol. The first-order valence-corrected chi connectivity index (χ1v) is 7.25. The van der Waals surface area contributed by atoms with Gasteiger partial charge in [-0.3, -0.25) is 4.79 Å². The average Bonchev–Trinajstić information content (AvgIpc) is 2.81. The molecule has 0 fully saturated rings. The molecule has 1 aromatic carbocycles. The third-order valence-electron chi connectivity index (χ3n) is 3.37. The first kappa shape index (κ1) is 15.1. The van der Waals surface area contributed by atoms with E-state index in [1.807, 2.05) is 26.0 Å². The van der Waals surface area contributed by atoms with Crippen molar-refractivity contribution in [1.29, 1.82) is 0 Å². The van der Waals surface area contributed by atoms with Crippen molar-refractivity contribution in [2.24, 2.45) is 5.92 Å². The van der Waals surface area contributed by atoms with Gasteiger partial charge in [-0.1, -0.05) is 25.4 Å². The van der Waals surface area contributed by atoms with E-state index in [2.05, 4.69) is 5.32 Å². The van der Waals surface area contributed by atoms with Gasteiger partial charge in [0, 0.05) is 23.6 Å². The molecule has 0 saturated carbocycles. The summed E-state index contributed by atoms with van der Waals surface area (Å²) in [6.45, 7) is 5.14. The fourth-order valence-electron chi connectivity index (χ4n) is 2.45. The molecule has 1 atom stereocenters. The molecule has 1 aromatic rings. The monoisotopic (exact) mass is 297 g/mol. The number of benzene rings is 1. The van der Waals surface area contributed by atoms with Crippen LogP contribution in [0.1, 0.15) is 31.4 Å².